The van der Waals surface area contributed by atoms with E-state index in [1.165, 1.54) is 0 Å². The number of carboxylic acid groups (broad SMARTS) is 1. The van der Waals surface area contributed by atoms with Crippen LogP contribution in [0.3, 0.4) is 0 Å². The molecule has 2 aromatic rings. The number of rotatable bonds is 8. The molecule has 4 rings (SSSR count). The van der Waals surface area contributed by atoms with Gasteiger partial charge in [0.2, 0.25) is 6.79 Å². The van der Waals surface area contributed by atoms with Crippen molar-refractivity contribution in [3.8, 4) is 17.2 Å². The molecule has 3 N–H and O–H groups in total. The van der Waals surface area contributed by atoms with Gasteiger partial charge in [0.1, 0.15) is 11.4 Å². The highest BCUT2D eigenvalue weighted by molar-refractivity contribution is 5.97. The molecule has 178 valence electrons. The van der Waals surface area contributed by atoms with Gasteiger partial charge in [-0.05, 0) is 30.2 Å². The lowest BCUT2D eigenvalue weighted by molar-refractivity contribution is -0.137. The summed E-state index contributed by atoms with van der Waals surface area (Å²) in [5, 5.41) is 14.5. The van der Waals surface area contributed by atoms with Crippen LogP contribution in [0, 0.1) is 0 Å². The largest absolute Gasteiger partial charge is 0.496 e. The van der Waals surface area contributed by atoms with E-state index in [1.54, 1.807) is 36.3 Å². The standard InChI is InChI=1S/C24H25N3O7/c1-32-19-7-3-2-5-16(19)13-27-10-4-6-17(23(27)30)25-24(31)26-18(12-22(28)29)15-8-9-20-21(11-15)34-14-33-20/h2-3,5-9,11,18H,4,10,12-14H2,1H3,(H,28,29)(H2,25,26,31). The zero-order valence-corrected chi connectivity index (χ0v) is 18.6. The molecular formula is C24H25N3O7. The Labute approximate surface area is 196 Å². The van der Waals surface area contributed by atoms with Crippen molar-refractivity contribution in [1.82, 2.24) is 15.5 Å². The second-order valence-electron chi connectivity index (χ2n) is 7.81. The first-order valence-electron chi connectivity index (χ1n) is 10.7. The van der Waals surface area contributed by atoms with Crippen molar-refractivity contribution >= 4 is 17.9 Å². The molecule has 1 atom stereocenters. The third-order valence-electron chi connectivity index (χ3n) is 5.55. The Bertz CT molecular complexity index is 1130. The third kappa shape index (κ3) is 5.22. The lowest BCUT2D eigenvalue weighted by Crippen LogP contribution is -2.45. The maximum Gasteiger partial charge on any atom is 0.319 e. The van der Waals surface area contributed by atoms with Crippen LogP contribution in [0.5, 0.6) is 17.2 Å². The summed E-state index contributed by atoms with van der Waals surface area (Å²) in [7, 11) is 1.57. The van der Waals surface area contributed by atoms with Gasteiger partial charge in [-0.2, -0.15) is 0 Å². The van der Waals surface area contributed by atoms with Crippen molar-refractivity contribution in [2.24, 2.45) is 0 Å². The fraction of sp³-hybridized carbons (Fsp3) is 0.292. The lowest BCUT2D eigenvalue weighted by Gasteiger charge is -2.28. The van der Waals surface area contributed by atoms with Crippen molar-refractivity contribution in [3.63, 3.8) is 0 Å². The molecule has 0 radical (unpaired) electrons. The van der Waals surface area contributed by atoms with E-state index < -0.39 is 18.0 Å². The number of methoxy groups -OCH3 is 1. The molecule has 2 aliphatic rings. The van der Waals surface area contributed by atoms with Gasteiger partial charge in [-0.3, -0.25) is 9.59 Å². The number of ether oxygens (including phenoxy) is 3. The van der Waals surface area contributed by atoms with Gasteiger partial charge in [0.05, 0.1) is 19.6 Å². The van der Waals surface area contributed by atoms with E-state index in [0.717, 1.165) is 5.56 Å². The molecule has 3 amide bonds. The van der Waals surface area contributed by atoms with Gasteiger partial charge < -0.3 is 34.9 Å². The second-order valence-corrected chi connectivity index (χ2v) is 7.81. The maximum atomic E-state index is 13.0. The van der Waals surface area contributed by atoms with Crippen molar-refractivity contribution < 1.29 is 33.7 Å². The number of amides is 3. The molecule has 0 fully saturated rings. The average molecular weight is 467 g/mol. The highest BCUT2D eigenvalue weighted by Gasteiger charge is 2.26. The summed E-state index contributed by atoms with van der Waals surface area (Å²) in [6.07, 6.45) is 1.88. The Morgan fingerprint density at radius 3 is 2.76 bits per heavy atom. The van der Waals surface area contributed by atoms with Crippen LogP contribution in [0.2, 0.25) is 0 Å². The van der Waals surface area contributed by atoms with Crippen molar-refractivity contribution in [2.75, 3.05) is 20.4 Å². The number of urea groups is 1. The van der Waals surface area contributed by atoms with Crippen LogP contribution in [-0.2, 0) is 16.1 Å². The molecule has 10 nitrogen and oxygen atoms in total. The van der Waals surface area contributed by atoms with E-state index in [2.05, 4.69) is 10.6 Å². The molecule has 1 unspecified atom stereocenters. The van der Waals surface area contributed by atoms with Crippen molar-refractivity contribution in [1.29, 1.82) is 0 Å². The fourth-order valence-corrected chi connectivity index (χ4v) is 3.89. The van der Waals surface area contributed by atoms with E-state index in [0.29, 0.717) is 42.3 Å². The second kappa shape index (κ2) is 10.2. The van der Waals surface area contributed by atoms with Crippen LogP contribution >= 0.6 is 0 Å². The van der Waals surface area contributed by atoms with Crippen LogP contribution in [0.4, 0.5) is 4.79 Å². The monoisotopic (exact) mass is 467 g/mol. The number of benzene rings is 2. The Kier molecular flexibility index (Phi) is 6.86. The van der Waals surface area contributed by atoms with Gasteiger partial charge in [0.15, 0.2) is 11.5 Å². The van der Waals surface area contributed by atoms with E-state index in [9.17, 15) is 19.5 Å². The van der Waals surface area contributed by atoms with E-state index in [-0.39, 0.29) is 24.8 Å². The molecule has 0 aliphatic carbocycles. The van der Waals surface area contributed by atoms with Crippen LogP contribution in [-0.4, -0.2) is 48.4 Å². The zero-order valence-electron chi connectivity index (χ0n) is 18.6. The highest BCUT2D eigenvalue weighted by Crippen LogP contribution is 2.34. The SMILES string of the molecule is COc1ccccc1CN1CCC=C(NC(=O)NC(CC(=O)O)c2ccc3c(c2)OCO3)C1=O. The first-order valence-corrected chi connectivity index (χ1v) is 10.7. The molecule has 0 saturated carbocycles. The first kappa shape index (κ1) is 23.0. The summed E-state index contributed by atoms with van der Waals surface area (Å²) in [6.45, 7) is 0.919. The molecule has 2 aliphatic heterocycles. The lowest BCUT2D eigenvalue weighted by atomic mass is 10.0. The minimum Gasteiger partial charge on any atom is -0.496 e. The van der Waals surface area contributed by atoms with E-state index in [4.69, 9.17) is 14.2 Å². The quantitative estimate of drug-likeness (QED) is 0.545. The van der Waals surface area contributed by atoms with E-state index >= 15 is 0 Å². The number of fused-ring (bicyclic) bond motifs is 1. The summed E-state index contributed by atoms with van der Waals surface area (Å²) in [5.74, 6) is 0.295. The minimum absolute atomic E-state index is 0.0813. The number of para-hydroxylation sites is 1. The summed E-state index contributed by atoms with van der Waals surface area (Å²) in [5.41, 5.74) is 1.54. The fourth-order valence-electron chi connectivity index (χ4n) is 3.89. The molecule has 0 bridgehead atoms. The van der Waals surface area contributed by atoms with Gasteiger partial charge in [0.25, 0.3) is 5.91 Å². The number of carbonyl (C=O) groups excluding carboxylic acids is 2. The number of hydrogen-bond donors (Lipinski definition) is 3. The molecule has 2 aromatic carbocycles. The average Bonchev–Trinajstić information content (AvgIpc) is 3.29. The van der Waals surface area contributed by atoms with Crippen molar-refractivity contribution in [3.05, 3.63) is 65.4 Å². The minimum atomic E-state index is -1.08. The predicted molar refractivity (Wildman–Crippen MR) is 120 cm³/mol. The number of carbonyl (C=O) groups is 3. The third-order valence-corrected chi connectivity index (χ3v) is 5.55. The zero-order chi connectivity index (χ0) is 24.1. The van der Waals surface area contributed by atoms with Gasteiger partial charge in [-0.25, -0.2) is 4.79 Å². The maximum absolute atomic E-state index is 13.0. The number of carboxylic acids is 1. The predicted octanol–water partition coefficient (Wildman–Crippen LogP) is 2.56. The van der Waals surface area contributed by atoms with Gasteiger partial charge in [0, 0.05) is 18.7 Å². The molecular weight excluding hydrogens is 442 g/mol. The number of nitrogens with zero attached hydrogens (tertiary/aromatic N) is 1. The molecule has 0 saturated heterocycles. The first-order chi connectivity index (χ1) is 16.4. The van der Waals surface area contributed by atoms with Crippen LogP contribution < -0.4 is 24.8 Å². The molecule has 2 heterocycles. The highest BCUT2D eigenvalue weighted by atomic mass is 16.7. The Morgan fingerprint density at radius 1 is 1.18 bits per heavy atom. The Balaban J connectivity index is 1.42. The smallest absolute Gasteiger partial charge is 0.319 e. The number of aliphatic carboxylic acids is 1. The van der Waals surface area contributed by atoms with Crippen LogP contribution in [0.1, 0.15) is 30.0 Å². The van der Waals surface area contributed by atoms with Gasteiger partial charge in [-0.15, -0.1) is 0 Å². The normalized spacial score (nSPS) is 15.4. The molecule has 34 heavy (non-hydrogen) atoms. The summed E-state index contributed by atoms with van der Waals surface area (Å²) < 4.78 is 16.0. The van der Waals surface area contributed by atoms with E-state index in [1.807, 2.05) is 24.3 Å². The van der Waals surface area contributed by atoms with Gasteiger partial charge >= 0.3 is 12.0 Å². The summed E-state index contributed by atoms with van der Waals surface area (Å²) in [4.78, 5) is 38.7. The molecule has 0 spiro atoms. The molecule has 0 aromatic heterocycles. The summed E-state index contributed by atoms with van der Waals surface area (Å²) in [6, 6.07) is 10.9. The Hall–Kier alpha value is -4.21. The molecule has 10 heteroatoms. The Morgan fingerprint density at radius 2 is 1.97 bits per heavy atom. The van der Waals surface area contributed by atoms with Gasteiger partial charge in [-0.1, -0.05) is 30.3 Å². The number of nitrogens with one attached hydrogen (secondary N) is 2. The van der Waals surface area contributed by atoms with Crippen LogP contribution in [0.25, 0.3) is 0 Å². The topological polar surface area (TPSA) is 126 Å². The summed E-state index contributed by atoms with van der Waals surface area (Å²) >= 11 is 0. The van der Waals surface area contributed by atoms with Crippen molar-refractivity contribution in [2.45, 2.75) is 25.4 Å². The van der Waals surface area contributed by atoms with Crippen LogP contribution in [0.15, 0.2) is 54.2 Å². The number of hydrogen-bond acceptors (Lipinski definition) is 6.